The molecule has 0 radical (unpaired) electrons. The van der Waals surface area contributed by atoms with Crippen LogP contribution in [-0.2, 0) is 4.79 Å². The second-order valence-corrected chi connectivity index (χ2v) is 3.52. The van der Waals surface area contributed by atoms with Gasteiger partial charge in [0.25, 0.3) is 0 Å². The normalized spacial score (nSPS) is 10.6. The Kier molecular flexibility index (Phi) is 3.17. The molecule has 2 heterocycles. The number of aromatic nitrogens is 4. The van der Waals surface area contributed by atoms with Gasteiger partial charge in [-0.05, 0) is 6.92 Å². The molecule has 17 heavy (non-hydrogen) atoms. The molecular weight excluding hydrogens is 222 g/mol. The van der Waals surface area contributed by atoms with Gasteiger partial charge in [0, 0.05) is 13.1 Å². The van der Waals surface area contributed by atoms with Crippen molar-refractivity contribution in [1.29, 1.82) is 0 Å². The average Bonchev–Trinajstić information content (AvgIpc) is 2.78. The third-order valence-corrected chi connectivity index (χ3v) is 2.48. The highest BCUT2D eigenvalue weighted by Crippen LogP contribution is 2.19. The highest BCUT2D eigenvalue weighted by molar-refractivity contribution is 5.82. The van der Waals surface area contributed by atoms with Crippen LogP contribution in [-0.4, -0.2) is 44.1 Å². The number of rotatable bonds is 5. The molecule has 0 aromatic carbocycles. The van der Waals surface area contributed by atoms with Crippen LogP contribution in [0.15, 0.2) is 12.7 Å². The quantitative estimate of drug-likeness (QED) is 0.790. The molecule has 0 bridgehead atoms. The van der Waals surface area contributed by atoms with Gasteiger partial charge in [0.15, 0.2) is 11.5 Å². The number of H-pyrrole nitrogens is 1. The van der Waals surface area contributed by atoms with E-state index in [0.29, 0.717) is 24.6 Å². The summed E-state index contributed by atoms with van der Waals surface area (Å²) in [5.41, 5.74) is 1.32. The van der Waals surface area contributed by atoms with E-state index in [0.717, 1.165) is 5.52 Å². The molecule has 0 aliphatic heterocycles. The molecule has 2 aromatic rings. The first kappa shape index (κ1) is 11.3. The minimum absolute atomic E-state index is 0.0769. The maximum absolute atomic E-state index is 10.6. The van der Waals surface area contributed by atoms with Crippen LogP contribution < -0.4 is 4.90 Å². The van der Waals surface area contributed by atoms with Crippen molar-refractivity contribution in [2.24, 2.45) is 0 Å². The average molecular weight is 235 g/mol. The molecule has 0 saturated heterocycles. The molecule has 0 spiro atoms. The fourth-order valence-electron chi connectivity index (χ4n) is 1.64. The molecule has 0 amide bonds. The highest BCUT2D eigenvalue weighted by atomic mass is 16.4. The van der Waals surface area contributed by atoms with Gasteiger partial charge in [-0.15, -0.1) is 0 Å². The van der Waals surface area contributed by atoms with Crippen molar-refractivity contribution in [1.82, 2.24) is 19.9 Å². The van der Waals surface area contributed by atoms with E-state index in [1.165, 1.54) is 6.33 Å². The van der Waals surface area contributed by atoms with Crippen molar-refractivity contribution < 1.29 is 9.90 Å². The predicted molar refractivity (Wildman–Crippen MR) is 61.8 cm³/mol. The zero-order valence-corrected chi connectivity index (χ0v) is 9.42. The molecule has 0 atom stereocenters. The summed E-state index contributed by atoms with van der Waals surface area (Å²) in [5, 5.41) is 8.70. The van der Waals surface area contributed by atoms with Gasteiger partial charge in [-0.3, -0.25) is 4.79 Å². The van der Waals surface area contributed by atoms with Crippen molar-refractivity contribution in [3.05, 3.63) is 12.7 Å². The summed E-state index contributed by atoms with van der Waals surface area (Å²) in [4.78, 5) is 27.7. The summed E-state index contributed by atoms with van der Waals surface area (Å²) < 4.78 is 0. The number of hydrogen-bond donors (Lipinski definition) is 2. The Morgan fingerprint density at radius 3 is 3.00 bits per heavy atom. The summed E-state index contributed by atoms with van der Waals surface area (Å²) in [7, 11) is 0. The number of imidazole rings is 1. The molecule has 0 aliphatic rings. The third-order valence-electron chi connectivity index (χ3n) is 2.48. The number of carboxylic acids is 1. The Morgan fingerprint density at radius 1 is 1.47 bits per heavy atom. The molecule has 0 unspecified atom stereocenters. The number of carbonyl (C=O) groups is 1. The Labute approximate surface area is 97.5 Å². The van der Waals surface area contributed by atoms with Gasteiger partial charge in [-0.2, -0.15) is 0 Å². The molecule has 7 nitrogen and oxygen atoms in total. The van der Waals surface area contributed by atoms with E-state index in [1.54, 1.807) is 6.33 Å². The van der Waals surface area contributed by atoms with E-state index in [-0.39, 0.29) is 6.42 Å². The summed E-state index contributed by atoms with van der Waals surface area (Å²) in [6, 6.07) is 0. The van der Waals surface area contributed by atoms with Crippen LogP contribution in [0.25, 0.3) is 11.2 Å². The van der Waals surface area contributed by atoms with Gasteiger partial charge in [-0.25, -0.2) is 15.0 Å². The van der Waals surface area contributed by atoms with Gasteiger partial charge < -0.3 is 15.0 Å². The van der Waals surface area contributed by atoms with Crippen molar-refractivity contribution in [2.45, 2.75) is 13.3 Å². The SMILES string of the molecule is CCN(CCC(=O)O)c1ncnc2nc[nH]c12. The Hall–Kier alpha value is -2.18. The van der Waals surface area contributed by atoms with E-state index in [2.05, 4.69) is 19.9 Å². The standard InChI is InChI=1S/C10H13N5O2/c1-2-15(4-3-7(16)17)10-8-9(12-5-11-8)13-6-14-10/h5-6H,2-4H2,1H3,(H,16,17)(H,11,12,13,14). The number of carboxylic acid groups (broad SMARTS) is 1. The molecule has 0 saturated carbocycles. The van der Waals surface area contributed by atoms with Crippen LogP contribution in [0.4, 0.5) is 5.82 Å². The monoisotopic (exact) mass is 235 g/mol. The second kappa shape index (κ2) is 4.77. The Balaban J connectivity index is 2.29. The number of fused-ring (bicyclic) bond motifs is 1. The molecule has 2 aromatic heterocycles. The van der Waals surface area contributed by atoms with E-state index >= 15 is 0 Å². The molecule has 0 fully saturated rings. The summed E-state index contributed by atoms with van der Waals surface area (Å²) in [6.07, 6.45) is 3.06. The first-order chi connectivity index (χ1) is 8.22. The fourth-order valence-corrected chi connectivity index (χ4v) is 1.64. The highest BCUT2D eigenvalue weighted by Gasteiger charge is 2.13. The lowest BCUT2D eigenvalue weighted by Crippen LogP contribution is -2.27. The molecule has 0 aliphatic carbocycles. The van der Waals surface area contributed by atoms with E-state index in [4.69, 9.17) is 5.11 Å². The summed E-state index contributed by atoms with van der Waals surface area (Å²) >= 11 is 0. The van der Waals surface area contributed by atoms with Crippen LogP contribution in [0.3, 0.4) is 0 Å². The largest absolute Gasteiger partial charge is 0.481 e. The van der Waals surface area contributed by atoms with Crippen molar-refractivity contribution >= 4 is 23.0 Å². The lowest BCUT2D eigenvalue weighted by Gasteiger charge is -2.20. The van der Waals surface area contributed by atoms with Gasteiger partial charge in [0.05, 0.1) is 12.7 Å². The minimum atomic E-state index is -0.821. The predicted octanol–water partition coefficient (Wildman–Crippen LogP) is 0.654. The number of anilines is 1. The maximum Gasteiger partial charge on any atom is 0.305 e. The number of nitrogens with one attached hydrogen (secondary N) is 1. The zero-order chi connectivity index (χ0) is 12.3. The molecule has 90 valence electrons. The molecule has 7 heteroatoms. The number of aliphatic carboxylic acids is 1. The van der Waals surface area contributed by atoms with Gasteiger partial charge in [0.1, 0.15) is 11.8 Å². The minimum Gasteiger partial charge on any atom is -0.481 e. The van der Waals surface area contributed by atoms with E-state index < -0.39 is 5.97 Å². The topological polar surface area (TPSA) is 95.0 Å². The Morgan fingerprint density at radius 2 is 2.29 bits per heavy atom. The third kappa shape index (κ3) is 2.32. The molecular formula is C10H13N5O2. The zero-order valence-electron chi connectivity index (χ0n) is 9.42. The number of hydrogen-bond acceptors (Lipinski definition) is 5. The van der Waals surface area contributed by atoms with Crippen molar-refractivity contribution in [3.63, 3.8) is 0 Å². The van der Waals surface area contributed by atoms with Gasteiger partial charge in [0.2, 0.25) is 0 Å². The lowest BCUT2D eigenvalue weighted by atomic mass is 10.3. The smallest absolute Gasteiger partial charge is 0.305 e. The van der Waals surface area contributed by atoms with Crippen molar-refractivity contribution in [3.8, 4) is 0 Å². The van der Waals surface area contributed by atoms with Gasteiger partial charge >= 0.3 is 5.97 Å². The van der Waals surface area contributed by atoms with Crippen LogP contribution in [0.2, 0.25) is 0 Å². The number of nitrogens with zero attached hydrogens (tertiary/aromatic N) is 4. The second-order valence-electron chi connectivity index (χ2n) is 3.52. The van der Waals surface area contributed by atoms with E-state index in [9.17, 15) is 4.79 Å². The van der Waals surface area contributed by atoms with Crippen LogP contribution in [0.5, 0.6) is 0 Å². The molecule has 2 N–H and O–H groups in total. The van der Waals surface area contributed by atoms with Crippen LogP contribution in [0, 0.1) is 0 Å². The summed E-state index contributed by atoms with van der Waals surface area (Å²) in [5.74, 6) is -0.130. The van der Waals surface area contributed by atoms with Crippen LogP contribution >= 0.6 is 0 Å². The Bertz CT molecular complexity index is 524. The van der Waals surface area contributed by atoms with Crippen molar-refractivity contribution in [2.75, 3.05) is 18.0 Å². The van der Waals surface area contributed by atoms with E-state index in [1.807, 2.05) is 11.8 Å². The summed E-state index contributed by atoms with van der Waals surface area (Å²) in [6.45, 7) is 3.04. The first-order valence-electron chi connectivity index (χ1n) is 5.33. The van der Waals surface area contributed by atoms with Crippen LogP contribution in [0.1, 0.15) is 13.3 Å². The van der Waals surface area contributed by atoms with Gasteiger partial charge in [-0.1, -0.05) is 0 Å². The fraction of sp³-hybridized carbons (Fsp3) is 0.400. The lowest BCUT2D eigenvalue weighted by molar-refractivity contribution is -0.136. The first-order valence-corrected chi connectivity index (χ1v) is 5.33. The number of aromatic amines is 1. The molecule has 2 rings (SSSR count). The maximum atomic E-state index is 10.6.